The Morgan fingerprint density at radius 3 is 2.35 bits per heavy atom. The van der Waals surface area contributed by atoms with Gasteiger partial charge in [0.05, 0.1) is 19.6 Å². The molecule has 0 aliphatic carbocycles. The lowest BCUT2D eigenvalue weighted by Gasteiger charge is -2.26. The molecule has 1 amide bonds. The minimum absolute atomic E-state index is 0.206. The molecule has 0 N–H and O–H groups in total. The monoisotopic (exact) mass is 233 g/mol. The van der Waals surface area contributed by atoms with Crippen molar-refractivity contribution in [2.45, 2.75) is 19.8 Å². The predicted octanol–water partition coefficient (Wildman–Crippen LogP) is 1.65. The number of aryl methyl sites for hydroxylation is 1. The summed E-state index contributed by atoms with van der Waals surface area (Å²) >= 11 is 0. The highest BCUT2D eigenvalue weighted by atomic mass is 16.5. The van der Waals surface area contributed by atoms with Crippen LogP contribution in [0.15, 0.2) is 24.3 Å². The first-order valence-corrected chi connectivity index (χ1v) is 6.23. The normalized spacial score (nSPS) is 15.9. The number of carbonyl (C=O) groups excluding carboxylic acids is 1. The summed E-state index contributed by atoms with van der Waals surface area (Å²) in [6, 6.07) is 8.30. The van der Waals surface area contributed by atoms with Crippen molar-refractivity contribution >= 4 is 5.91 Å². The fourth-order valence-electron chi connectivity index (χ4n) is 1.99. The van der Waals surface area contributed by atoms with Gasteiger partial charge < -0.3 is 9.64 Å². The van der Waals surface area contributed by atoms with Crippen molar-refractivity contribution in [1.82, 2.24) is 4.90 Å². The van der Waals surface area contributed by atoms with Gasteiger partial charge in [0.1, 0.15) is 0 Å². The van der Waals surface area contributed by atoms with Gasteiger partial charge in [0.15, 0.2) is 0 Å². The summed E-state index contributed by atoms with van der Waals surface area (Å²) in [6.07, 6.45) is 1.54. The average molecular weight is 233 g/mol. The minimum atomic E-state index is 0.206. The molecule has 0 bridgehead atoms. The first-order valence-electron chi connectivity index (χ1n) is 6.23. The van der Waals surface area contributed by atoms with E-state index < -0.39 is 0 Å². The van der Waals surface area contributed by atoms with Crippen molar-refractivity contribution in [2.75, 3.05) is 26.3 Å². The Labute approximate surface area is 102 Å². The summed E-state index contributed by atoms with van der Waals surface area (Å²) < 4.78 is 5.24. The highest BCUT2D eigenvalue weighted by molar-refractivity contribution is 5.78. The molecular weight excluding hydrogens is 214 g/mol. The quantitative estimate of drug-likeness (QED) is 0.794. The molecule has 0 unspecified atom stereocenters. The van der Waals surface area contributed by atoms with Crippen LogP contribution in [0.1, 0.15) is 18.1 Å². The third kappa shape index (κ3) is 3.30. The SMILES string of the molecule is CCc1ccc(CC(=O)N2CCOCC2)cc1. The highest BCUT2D eigenvalue weighted by Gasteiger charge is 2.16. The van der Waals surface area contributed by atoms with E-state index in [1.54, 1.807) is 0 Å². The lowest BCUT2D eigenvalue weighted by atomic mass is 10.1. The molecule has 2 rings (SSSR count). The van der Waals surface area contributed by atoms with Gasteiger partial charge in [0, 0.05) is 13.1 Å². The Bertz CT molecular complexity index is 366. The molecule has 92 valence electrons. The van der Waals surface area contributed by atoms with Gasteiger partial charge in [0.25, 0.3) is 0 Å². The Balaban J connectivity index is 1.92. The Morgan fingerprint density at radius 2 is 1.76 bits per heavy atom. The van der Waals surface area contributed by atoms with Gasteiger partial charge in [-0.05, 0) is 17.5 Å². The van der Waals surface area contributed by atoms with E-state index in [-0.39, 0.29) is 5.91 Å². The molecule has 0 saturated carbocycles. The number of morpholine rings is 1. The van der Waals surface area contributed by atoms with Crippen molar-refractivity contribution < 1.29 is 9.53 Å². The molecule has 17 heavy (non-hydrogen) atoms. The van der Waals surface area contributed by atoms with Crippen LogP contribution in [0.3, 0.4) is 0 Å². The number of ether oxygens (including phenoxy) is 1. The number of carbonyl (C=O) groups is 1. The molecule has 1 heterocycles. The van der Waals surface area contributed by atoms with E-state index in [1.165, 1.54) is 5.56 Å². The van der Waals surface area contributed by atoms with Gasteiger partial charge in [-0.25, -0.2) is 0 Å². The van der Waals surface area contributed by atoms with Crippen LogP contribution in [0.4, 0.5) is 0 Å². The molecule has 0 atom stereocenters. The van der Waals surface area contributed by atoms with Gasteiger partial charge in [-0.1, -0.05) is 31.2 Å². The second kappa shape index (κ2) is 5.82. The average Bonchev–Trinajstić information content (AvgIpc) is 2.40. The largest absolute Gasteiger partial charge is 0.378 e. The van der Waals surface area contributed by atoms with Crippen molar-refractivity contribution in [2.24, 2.45) is 0 Å². The van der Waals surface area contributed by atoms with Gasteiger partial charge in [-0.3, -0.25) is 4.79 Å². The van der Waals surface area contributed by atoms with Crippen molar-refractivity contribution in [3.63, 3.8) is 0 Å². The second-order valence-electron chi connectivity index (χ2n) is 4.34. The number of hydrogen-bond donors (Lipinski definition) is 0. The van der Waals surface area contributed by atoms with E-state index in [2.05, 4.69) is 31.2 Å². The maximum absolute atomic E-state index is 12.0. The number of hydrogen-bond acceptors (Lipinski definition) is 2. The molecule has 1 aliphatic rings. The van der Waals surface area contributed by atoms with Gasteiger partial charge >= 0.3 is 0 Å². The molecule has 1 saturated heterocycles. The first kappa shape index (κ1) is 12.1. The standard InChI is InChI=1S/C14H19NO2/c1-2-12-3-5-13(6-4-12)11-14(16)15-7-9-17-10-8-15/h3-6H,2,7-11H2,1H3. The topological polar surface area (TPSA) is 29.5 Å². The summed E-state index contributed by atoms with van der Waals surface area (Å²) in [5, 5.41) is 0. The summed E-state index contributed by atoms with van der Waals surface area (Å²) in [5.74, 6) is 0.206. The zero-order chi connectivity index (χ0) is 12.1. The van der Waals surface area contributed by atoms with Gasteiger partial charge in [0.2, 0.25) is 5.91 Å². The number of amides is 1. The maximum Gasteiger partial charge on any atom is 0.227 e. The first-order chi connectivity index (χ1) is 8.29. The summed E-state index contributed by atoms with van der Waals surface area (Å²) in [4.78, 5) is 13.9. The lowest BCUT2D eigenvalue weighted by molar-refractivity contribution is -0.134. The second-order valence-corrected chi connectivity index (χ2v) is 4.34. The number of benzene rings is 1. The molecule has 1 aromatic carbocycles. The van der Waals surface area contributed by atoms with Crippen LogP contribution in [-0.4, -0.2) is 37.1 Å². The summed E-state index contributed by atoms with van der Waals surface area (Å²) in [6.45, 7) is 4.92. The van der Waals surface area contributed by atoms with Crippen LogP contribution < -0.4 is 0 Å². The highest BCUT2D eigenvalue weighted by Crippen LogP contribution is 2.08. The van der Waals surface area contributed by atoms with E-state index >= 15 is 0 Å². The van der Waals surface area contributed by atoms with Crippen molar-refractivity contribution in [3.05, 3.63) is 35.4 Å². The predicted molar refractivity (Wildman–Crippen MR) is 66.9 cm³/mol. The Kier molecular flexibility index (Phi) is 4.15. The van der Waals surface area contributed by atoms with Crippen LogP contribution in [0, 0.1) is 0 Å². The third-order valence-corrected chi connectivity index (χ3v) is 3.15. The minimum Gasteiger partial charge on any atom is -0.378 e. The van der Waals surface area contributed by atoms with Gasteiger partial charge in [-0.2, -0.15) is 0 Å². The Morgan fingerprint density at radius 1 is 1.18 bits per heavy atom. The molecule has 0 radical (unpaired) electrons. The van der Waals surface area contributed by atoms with E-state index in [0.717, 1.165) is 25.1 Å². The van der Waals surface area contributed by atoms with Crippen LogP contribution >= 0.6 is 0 Å². The molecule has 3 heteroatoms. The molecular formula is C14H19NO2. The molecule has 1 aliphatic heterocycles. The molecule has 0 aromatic heterocycles. The zero-order valence-corrected chi connectivity index (χ0v) is 10.3. The van der Waals surface area contributed by atoms with E-state index in [0.29, 0.717) is 19.6 Å². The van der Waals surface area contributed by atoms with Gasteiger partial charge in [-0.15, -0.1) is 0 Å². The maximum atomic E-state index is 12.0. The van der Waals surface area contributed by atoms with Crippen molar-refractivity contribution in [3.8, 4) is 0 Å². The van der Waals surface area contributed by atoms with E-state index in [1.807, 2.05) is 4.90 Å². The summed E-state index contributed by atoms with van der Waals surface area (Å²) in [5.41, 5.74) is 2.41. The molecule has 1 fully saturated rings. The molecule has 0 spiro atoms. The van der Waals surface area contributed by atoms with Crippen LogP contribution in [0.5, 0.6) is 0 Å². The molecule has 1 aromatic rings. The number of nitrogens with zero attached hydrogens (tertiary/aromatic N) is 1. The smallest absolute Gasteiger partial charge is 0.227 e. The van der Waals surface area contributed by atoms with Crippen molar-refractivity contribution in [1.29, 1.82) is 0 Å². The molecule has 3 nitrogen and oxygen atoms in total. The Hall–Kier alpha value is -1.35. The fraction of sp³-hybridized carbons (Fsp3) is 0.500. The fourth-order valence-corrected chi connectivity index (χ4v) is 1.99. The van der Waals surface area contributed by atoms with Crippen LogP contribution in [0.25, 0.3) is 0 Å². The van der Waals surface area contributed by atoms with Crippen LogP contribution in [-0.2, 0) is 22.4 Å². The lowest BCUT2D eigenvalue weighted by Crippen LogP contribution is -2.41. The summed E-state index contributed by atoms with van der Waals surface area (Å²) in [7, 11) is 0. The van der Waals surface area contributed by atoms with E-state index in [4.69, 9.17) is 4.74 Å². The van der Waals surface area contributed by atoms with E-state index in [9.17, 15) is 4.79 Å². The number of rotatable bonds is 3. The third-order valence-electron chi connectivity index (χ3n) is 3.15. The van der Waals surface area contributed by atoms with Crippen LogP contribution in [0.2, 0.25) is 0 Å². The zero-order valence-electron chi connectivity index (χ0n) is 10.3.